The molecule has 2 aromatic rings. The lowest BCUT2D eigenvalue weighted by molar-refractivity contribution is -0.112. The van der Waals surface area contributed by atoms with Crippen molar-refractivity contribution in [1.82, 2.24) is 9.80 Å². The number of carbonyl (C=O) groups is 1. The summed E-state index contributed by atoms with van der Waals surface area (Å²) in [7, 11) is 0. The summed E-state index contributed by atoms with van der Waals surface area (Å²) in [5, 5.41) is 17.6. The minimum Gasteiger partial charge on any atom is -0.313 e. The van der Waals surface area contributed by atoms with Crippen LogP contribution in [0.3, 0.4) is 0 Å². The number of rotatable bonds is 13. The van der Waals surface area contributed by atoms with Gasteiger partial charge in [-0.1, -0.05) is 66.2 Å². The Bertz CT molecular complexity index is 1210. The molecule has 41 heavy (non-hydrogen) atoms. The van der Waals surface area contributed by atoms with Gasteiger partial charge in [-0.05, 0) is 74.7 Å². The Morgan fingerprint density at radius 3 is 2.37 bits per heavy atom. The molecule has 0 amide bonds. The molecule has 0 bridgehead atoms. The second-order valence-electron chi connectivity index (χ2n) is 11.5. The number of nitrogens with zero attached hydrogens (tertiary/aromatic N) is 2. The van der Waals surface area contributed by atoms with Gasteiger partial charge in [0.05, 0.1) is 15.8 Å². The maximum Gasteiger partial charge on any atom is 0.180 e. The van der Waals surface area contributed by atoms with Gasteiger partial charge in [0.15, 0.2) is 5.78 Å². The van der Waals surface area contributed by atoms with E-state index in [0.29, 0.717) is 35.3 Å². The zero-order chi connectivity index (χ0) is 29.4. The molecular formula is C32H40Cl3FN4O. The van der Waals surface area contributed by atoms with Crippen molar-refractivity contribution in [3.63, 3.8) is 0 Å². The molecule has 222 valence electrons. The molecule has 1 aliphatic heterocycles. The zero-order valence-electron chi connectivity index (χ0n) is 23.5. The number of Topliss-reactive ketones (excluding diaryl/α,β-unsaturated/α-hetero) is 1. The predicted octanol–water partition coefficient (Wildman–Crippen LogP) is 8.02. The van der Waals surface area contributed by atoms with Crippen LogP contribution in [-0.4, -0.2) is 66.3 Å². The van der Waals surface area contributed by atoms with E-state index in [4.69, 9.17) is 45.6 Å². The summed E-state index contributed by atoms with van der Waals surface area (Å²) in [6, 6.07) is 10.5. The fourth-order valence-electron chi connectivity index (χ4n) is 6.44. The van der Waals surface area contributed by atoms with Crippen LogP contribution >= 0.6 is 34.8 Å². The van der Waals surface area contributed by atoms with Crippen molar-refractivity contribution in [3.05, 3.63) is 68.4 Å². The van der Waals surface area contributed by atoms with Crippen LogP contribution in [0.1, 0.15) is 68.9 Å². The van der Waals surface area contributed by atoms with E-state index in [0.717, 1.165) is 38.3 Å². The topological polar surface area (TPSA) is 71.2 Å². The first kappa shape index (κ1) is 32.1. The fourth-order valence-corrected chi connectivity index (χ4v) is 6.97. The number of nitrogens with one attached hydrogen (secondary N) is 2. The Morgan fingerprint density at radius 1 is 0.976 bits per heavy atom. The molecule has 0 aromatic heterocycles. The lowest BCUT2D eigenvalue weighted by atomic mass is 9.69. The lowest BCUT2D eigenvalue weighted by Crippen LogP contribution is -2.51. The van der Waals surface area contributed by atoms with Crippen LogP contribution in [0.4, 0.5) is 4.39 Å². The highest BCUT2D eigenvalue weighted by Crippen LogP contribution is 2.40. The van der Waals surface area contributed by atoms with E-state index < -0.39 is 17.0 Å². The van der Waals surface area contributed by atoms with Gasteiger partial charge in [-0.2, -0.15) is 0 Å². The van der Waals surface area contributed by atoms with Gasteiger partial charge in [-0.25, -0.2) is 4.39 Å². The first-order chi connectivity index (χ1) is 19.7. The molecule has 0 radical (unpaired) electrons. The summed E-state index contributed by atoms with van der Waals surface area (Å²) in [5.74, 6) is -1.01. The quantitative estimate of drug-likeness (QED) is 0.223. The molecule has 4 rings (SSSR count). The molecular weight excluding hydrogens is 582 g/mol. The van der Waals surface area contributed by atoms with Crippen molar-refractivity contribution in [2.24, 2.45) is 0 Å². The zero-order valence-corrected chi connectivity index (χ0v) is 25.8. The van der Waals surface area contributed by atoms with Crippen molar-refractivity contribution in [1.29, 1.82) is 10.8 Å². The van der Waals surface area contributed by atoms with Crippen LogP contribution in [0.5, 0.6) is 0 Å². The highest BCUT2D eigenvalue weighted by Gasteiger charge is 2.36. The van der Waals surface area contributed by atoms with Crippen LogP contribution in [0.25, 0.3) is 0 Å². The highest BCUT2D eigenvalue weighted by molar-refractivity contribution is 6.42. The van der Waals surface area contributed by atoms with Gasteiger partial charge in [-0.15, -0.1) is 0 Å². The summed E-state index contributed by atoms with van der Waals surface area (Å²) >= 11 is 18.9. The van der Waals surface area contributed by atoms with Gasteiger partial charge < -0.3 is 15.7 Å². The number of hydrogen-bond donors (Lipinski definition) is 2. The Kier molecular flexibility index (Phi) is 11.8. The second kappa shape index (κ2) is 15.1. The van der Waals surface area contributed by atoms with Crippen LogP contribution in [0.2, 0.25) is 15.1 Å². The molecule has 5 nitrogen and oxygen atoms in total. The van der Waals surface area contributed by atoms with E-state index in [1.165, 1.54) is 50.5 Å². The van der Waals surface area contributed by atoms with E-state index in [-0.39, 0.29) is 29.1 Å². The number of benzene rings is 2. The van der Waals surface area contributed by atoms with Gasteiger partial charge in [0, 0.05) is 61.1 Å². The van der Waals surface area contributed by atoms with Crippen LogP contribution < -0.4 is 0 Å². The van der Waals surface area contributed by atoms with Crippen molar-refractivity contribution < 1.29 is 9.18 Å². The molecule has 1 atom stereocenters. The summed E-state index contributed by atoms with van der Waals surface area (Å²) in [6.45, 7) is 4.89. The normalized spacial score (nSPS) is 18.6. The third-order valence-corrected chi connectivity index (χ3v) is 10.0. The number of halogens is 4. The van der Waals surface area contributed by atoms with E-state index in [1.807, 2.05) is 12.1 Å². The van der Waals surface area contributed by atoms with Gasteiger partial charge in [0.25, 0.3) is 0 Å². The minimum absolute atomic E-state index is 0.0810. The molecule has 2 fully saturated rings. The first-order valence-electron chi connectivity index (χ1n) is 14.7. The minimum atomic E-state index is -0.613. The standard InChI is InChI=1S/C32H40Cl3FN4O/c33-26-8-4-9-29(36)25(26)21-31(41)30(38)22-32(12-5-14-37,23-10-11-27(34)28(35)20-23)13-15-39-16-18-40(19-17-39)24-6-2-1-3-7-24/h4,8-11,14,20,24,37-38H,1-3,5-7,12-13,15-19,21-22H2/t32-/m1/s1. The maximum atomic E-state index is 14.4. The van der Waals surface area contributed by atoms with E-state index in [2.05, 4.69) is 9.80 Å². The molecule has 1 saturated heterocycles. The van der Waals surface area contributed by atoms with Crippen LogP contribution in [-0.2, 0) is 16.6 Å². The van der Waals surface area contributed by atoms with Gasteiger partial charge in [-0.3, -0.25) is 9.69 Å². The van der Waals surface area contributed by atoms with E-state index >= 15 is 0 Å². The van der Waals surface area contributed by atoms with Crippen molar-refractivity contribution in [2.75, 3.05) is 32.7 Å². The van der Waals surface area contributed by atoms with Gasteiger partial charge in [0.2, 0.25) is 0 Å². The van der Waals surface area contributed by atoms with Crippen molar-refractivity contribution >= 4 is 52.5 Å². The third kappa shape index (κ3) is 8.39. The molecule has 1 saturated carbocycles. The summed E-state index contributed by atoms with van der Waals surface area (Å²) in [5.41, 5.74) is 0.316. The molecule has 1 heterocycles. The highest BCUT2D eigenvalue weighted by atomic mass is 35.5. The number of piperazine rings is 1. The number of carbonyl (C=O) groups excluding carboxylic acids is 1. The maximum absolute atomic E-state index is 14.4. The molecule has 0 spiro atoms. The third-order valence-electron chi connectivity index (χ3n) is 8.95. The van der Waals surface area contributed by atoms with Crippen molar-refractivity contribution in [2.45, 2.75) is 75.7 Å². The monoisotopic (exact) mass is 620 g/mol. The van der Waals surface area contributed by atoms with Gasteiger partial charge in [0.1, 0.15) is 5.82 Å². The fraction of sp³-hybridized carbons (Fsp3) is 0.531. The van der Waals surface area contributed by atoms with Crippen LogP contribution in [0.15, 0.2) is 36.4 Å². The average molecular weight is 622 g/mol. The average Bonchev–Trinajstić information content (AvgIpc) is 2.98. The molecule has 2 aliphatic rings. The Balaban J connectivity index is 1.52. The predicted molar refractivity (Wildman–Crippen MR) is 168 cm³/mol. The van der Waals surface area contributed by atoms with Gasteiger partial charge >= 0.3 is 0 Å². The molecule has 9 heteroatoms. The smallest absolute Gasteiger partial charge is 0.180 e. The van der Waals surface area contributed by atoms with Crippen LogP contribution in [0, 0.1) is 16.6 Å². The number of ketones is 1. The lowest BCUT2D eigenvalue weighted by Gasteiger charge is -2.42. The SMILES string of the molecule is N=CCC[C@@](CCN1CCN(C2CCCCC2)CC1)(CC(=N)C(=O)Cc1c(F)cccc1Cl)c1ccc(Cl)c(Cl)c1. The summed E-state index contributed by atoms with van der Waals surface area (Å²) in [6.07, 6.45) is 9.66. The second-order valence-corrected chi connectivity index (χ2v) is 12.7. The van der Waals surface area contributed by atoms with E-state index in [1.54, 1.807) is 12.1 Å². The summed E-state index contributed by atoms with van der Waals surface area (Å²) < 4.78 is 14.4. The molecule has 2 aromatic carbocycles. The molecule has 1 aliphatic carbocycles. The largest absolute Gasteiger partial charge is 0.313 e. The molecule has 2 N–H and O–H groups in total. The Labute approximate surface area is 258 Å². The molecule has 0 unspecified atom stereocenters. The van der Waals surface area contributed by atoms with E-state index in [9.17, 15) is 9.18 Å². The number of hydrogen-bond acceptors (Lipinski definition) is 5. The Hall–Kier alpha value is -1.83. The summed E-state index contributed by atoms with van der Waals surface area (Å²) in [4.78, 5) is 18.4. The van der Waals surface area contributed by atoms with Crippen molar-refractivity contribution in [3.8, 4) is 0 Å². The Morgan fingerprint density at radius 2 is 1.71 bits per heavy atom. The first-order valence-corrected chi connectivity index (χ1v) is 15.8.